The Hall–Kier alpha value is -1.63. The Morgan fingerprint density at radius 1 is 1.40 bits per heavy atom. The summed E-state index contributed by atoms with van der Waals surface area (Å²) >= 11 is 6.61. The number of nitrogens with zero attached hydrogens (tertiary/aromatic N) is 1. The summed E-state index contributed by atoms with van der Waals surface area (Å²) in [4.78, 5) is 14.7. The van der Waals surface area contributed by atoms with Crippen LogP contribution in [0.15, 0.2) is 24.3 Å². The number of aromatic nitrogens is 1. The maximum Gasteiger partial charge on any atom is 0.349 e. The van der Waals surface area contributed by atoms with Crippen LogP contribution in [0.25, 0.3) is 0 Å². The van der Waals surface area contributed by atoms with E-state index in [4.69, 9.17) is 26.2 Å². The molecule has 0 fully saturated rings. The van der Waals surface area contributed by atoms with Crippen molar-refractivity contribution in [3.8, 4) is 10.9 Å². The van der Waals surface area contributed by atoms with Crippen LogP contribution < -0.4 is 4.74 Å². The van der Waals surface area contributed by atoms with Crippen molar-refractivity contribution in [3.63, 3.8) is 0 Å². The van der Waals surface area contributed by atoms with Crippen LogP contribution in [0.4, 0.5) is 0 Å². The zero-order valence-electron chi connectivity index (χ0n) is 10.6. The molecule has 7 heteroatoms. The predicted octanol–water partition coefficient (Wildman–Crippen LogP) is 3.48. The highest BCUT2D eigenvalue weighted by Gasteiger charge is 2.16. The molecule has 0 aliphatic carbocycles. The number of hydrogen-bond donors (Lipinski definition) is 1. The Labute approximate surface area is 124 Å². The van der Waals surface area contributed by atoms with Crippen molar-refractivity contribution in [3.05, 3.63) is 39.9 Å². The van der Waals surface area contributed by atoms with Crippen molar-refractivity contribution < 1.29 is 19.4 Å². The van der Waals surface area contributed by atoms with Gasteiger partial charge in [-0.2, -0.15) is 4.98 Å². The average Bonchev–Trinajstić information content (AvgIpc) is 2.79. The molecular formula is C13H12ClNO4S. The van der Waals surface area contributed by atoms with Crippen molar-refractivity contribution in [1.82, 2.24) is 4.98 Å². The molecule has 0 aliphatic rings. The molecule has 5 nitrogen and oxygen atoms in total. The molecule has 0 saturated carbocycles. The second-order valence-corrected chi connectivity index (χ2v) is 5.21. The van der Waals surface area contributed by atoms with E-state index in [-0.39, 0.29) is 15.2 Å². The number of benzene rings is 1. The quantitative estimate of drug-likeness (QED) is 0.884. The van der Waals surface area contributed by atoms with Crippen molar-refractivity contribution in [2.45, 2.75) is 6.42 Å². The second-order valence-electron chi connectivity index (χ2n) is 3.89. The van der Waals surface area contributed by atoms with Gasteiger partial charge in [0.15, 0.2) is 10.0 Å². The second kappa shape index (κ2) is 6.69. The van der Waals surface area contributed by atoms with Gasteiger partial charge in [-0.05, 0) is 24.1 Å². The third kappa shape index (κ3) is 3.69. The van der Waals surface area contributed by atoms with Gasteiger partial charge in [0.05, 0.1) is 6.61 Å². The number of ether oxygens (including phenoxy) is 2. The minimum Gasteiger partial charge on any atom is -0.477 e. The number of carbonyl (C=O) groups is 1. The van der Waals surface area contributed by atoms with Crippen LogP contribution in [-0.4, -0.2) is 29.8 Å². The van der Waals surface area contributed by atoms with Crippen LogP contribution in [0.2, 0.25) is 5.15 Å². The fourth-order valence-electron chi connectivity index (χ4n) is 1.50. The van der Waals surface area contributed by atoms with Crippen LogP contribution >= 0.6 is 22.9 Å². The lowest BCUT2D eigenvalue weighted by Gasteiger charge is -2.03. The highest BCUT2D eigenvalue weighted by atomic mass is 35.5. The Kier molecular flexibility index (Phi) is 4.94. The minimum atomic E-state index is -1.11. The number of thiazole rings is 1. The summed E-state index contributed by atoms with van der Waals surface area (Å²) < 4.78 is 10.5. The first-order valence-corrected chi connectivity index (χ1v) is 6.95. The number of carboxylic acid groups (broad SMARTS) is 1. The Bertz CT molecular complexity index is 597. The molecule has 0 saturated heterocycles. The van der Waals surface area contributed by atoms with E-state index in [9.17, 15) is 4.79 Å². The number of aromatic carboxylic acids is 1. The van der Waals surface area contributed by atoms with Crippen LogP contribution in [-0.2, 0) is 11.2 Å². The zero-order valence-corrected chi connectivity index (χ0v) is 12.2. The minimum absolute atomic E-state index is 0.0293. The van der Waals surface area contributed by atoms with Crippen LogP contribution in [0.1, 0.15) is 15.2 Å². The molecule has 1 aromatic heterocycles. The predicted molar refractivity (Wildman–Crippen MR) is 76.2 cm³/mol. The van der Waals surface area contributed by atoms with Crippen LogP contribution in [0.3, 0.4) is 0 Å². The van der Waals surface area contributed by atoms with Gasteiger partial charge in [-0.1, -0.05) is 35.1 Å². The van der Waals surface area contributed by atoms with E-state index in [1.54, 1.807) is 19.2 Å². The van der Waals surface area contributed by atoms with E-state index < -0.39 is 5.97 Å². The van der Waals surface area contributed by atoms with E-state index in [0.29, 0.717) is 12.4 Å². The molecule has 0 radical (unpaired) electrons. The number of rotatable bonds is 6. The lowest BCUT2D eigenvalue weighted by Crippen LogP contribution is -1.94. The molecule has 1 N–H and O–H groups in total. The first kappa shape index (κ1) is 14.8. The van der Waals surface area contributed by atoms with E-state index in [2.05, 4.69) is 4.98 Å². The van der Waals surface area contributed by atoms with Gasteiger partial charge in [0, 0.05) is 7.11 Å². The average molecular weight is 314 g/mol. The van der Waals surface area contributed by atoms with E-state index in [0.717, 1.165) is 23.3 Å². The fourth-order valence-corrected chi connectivity index (χ4v) is 2.49. The molecule has 106 valence electrons. The van der Waals surface area contributed by atoms with Gasteiger partial charge in [-0.3, -0.25) is 0 Å². The molecule has 0 aliphatic heterocycles. The third-order valence-electron chi connectivity index (χ3n) is 2.48. The molecule has 1 heterocycles. The maximum absolute atomic E-state index is 10.9. The number of halogens is 1. The zero-order chi connectivity index (χ0) is 14.5. The molecule has 2 rings (SSSR count). The Balaban J connectivity index is 2.06. The lowest BCUT2D eigenvalue weighted by molar-refractivity contribution is 0.0702. The highest BCUT2D eigenvalue weighted by molar-refractivity contribution is 7.15. The lowest BCUT2D eigenvalue weighted by atomic mass is 10.1. The summed E-state index contributed by atoms with van der Waals surface area (Å²) in [6, 6.07) is 7.42. The molecule has 0 bridgehead atoms. The third-order valence-corrected chi connectivity index (χ3v) is 3.79. The van der Waals surface area contributed by atoms with Crippen molar-refractivity contribution >= 4 is 28.9 Å². The molecule has 0 unspecified atom stereocenters. The van der Waals surface area contributed by atoms with Crippen molar-refractivity contribution in [2.75, 3.05) is 13.7 Å². The van der Waals surface area contributed by atoms with Crippen molar-refractivity contribution in [2.24, 2.45) is 0 Å². The van der Waals surface area contributed by atoms with Gasteiger partial charge in [0.2, 0.25) is 0 Å². The first-order valence-electron chi connectivity index (χ1n) is 5.75. The van der Waals surface area contributed by atoms with Gasteiger partial charge in [0.1, 0.15) is 5.75 Å². The Morgan fingerprint density at radius 2 is 2.10 bits per heavy atom. The van der Waals surface area contributed by atoms with Gasteiger partial charge >= 0.3 is 5.97 Å². The van der Waals surface area contributed by atoms with Crippen LogP contribution in [0.5, 0.6) is 10.9 Å². The van der Waals surface area contributed by atoms with Gasteiger partial charge in [-0.25, -0.2) is 4.79 Å². The smallest absolute Gasteiger partial charge is 0.349 e. The van der Waals surface area contributed by atoms with Crippen LogP contribution in [0, 0.1) is 0 Å². The van der Waals surface area contributed by atoms with Crippen molar-refractivity contribution in [1.29, 1.82) is 0 Å². The van der Waals surface area contributed by atoms with E-state index >= 15 is 0 Å². The summed E-state index contributed by atoms with van der Waals surface area (Å²) in [5.74, 6) is -0.536. The molecule has 1 aromatic carbocycles. The fraction of sp³-hybridized carbons (Fsp3) is 0.231. The van der Waals surface area contributed by atoms with Gasteiger partial charge in [0.25, 0.3) is 5.19 Å². The van der Waals surface area contributed by atoms with Gasteiger partial charge < -0.3 is 14.6 Å². The van der Waals surface area contributed by atoms with Gasteiger partial charge in [-0.15, -0.1) is 0 Å². The standard InChI is InChI=1S/C13H12ClNO4S/c1-18-7-6-8-2-4-9(5-3-8)19-13-15-11(14)10(20-13)12(16)17/h2-5H,6-7H2,1H3,(H,16,17). The SMILES string of the molecule is COCCc1ccc(Oc2nc(Cl)c(C(=O)O)s2)cc1. The number of hydrogen-bond acceptors (Lipinski definition) is 5. The largest absolute Gasteiger partial charge is 0.477 e. The monoisotopic (exact) mass is 313 g/mol. The molecule has 0 amide bonds. The summed E-state index contributed by atoms with van der Waals surface area (Å²) in [5, 5.41) is 9.03. The first-order chi connectivity index (χ1) is 9.60. The summed E-state index contributed by atoms with van der Waals surface area (Å²) in [6.07, 6.45) is 0.822. The topological polar surface area (TPSA) is 68.7 Å². The molecule has 20 heavy (non-hydrogen) atoms. The van der Waals surface area contributed by atoms with E-state index in [1.807, 2.05) is 12.1 Å². The molecule has 0 atom stereocenters. The number of methoxy groups -OCH3 is 1. The summed E-state index contributed by atoms with van der Waals surface area (Å²) in [7, 11) is 1.66. The van der Waals surface area contributed by atoms with E-state index in [1.165, 1.54) is 0 Å². The molecule has 0 spiro atoms. The Morgan fingerprint density at radius 3 is 2.65 bits per heavy atom. The highest BCUT2D eigenvalue weighted by Crippen LogP contribution is 2.32. The molecule has 2 aromatic rings. The maximum atomic E-state index is 10.9. The summed E-state index contributed by atoms with van der Waals surface area (Å²) in [6.45, 7) is 0.657. The normalized spacial score (nSPS) is 10.5. The molecular weight excluding hydrogens is 302 g/mol. The summed E-state index contributed by atoms with van der Waals surface area (Å²) in [5.41, 5.74) is 1.13. The number of carboxylic acids is 1.